The summed E-state index contributed by atoms with van der Waals surface area (Å²) < 4.78 is 5.09. The van der Waals surface area contributed by atoms with Gasteiger partial charge in [-0.1, -0.05) is 0 Å². The number of Topliss-reactive ketones (excluding diaryl/α,β-unsaturated/α-hetero) is 1. The van der Waals surface area contributed by atoms with Crippen molar-refractivity contribution >= 4 is 22.6 Å². The van der Waals surface area contributed by atoms with Gasteiger partial charge in [0.1, 0.15) is 5.75 Å². The molecular weight excluding hydrogens is 220 g/mol. The second kappa shape index (κ2) is 3.93. The smallest absolute Gasteiger partial charge is 0.289 e. The van der Waals surface area contributed by atoms with E-state index in [9.17, 15) is 9.59 Å². The van der Waals surface area contributed by atoms with Gasteiger partial charge in [0.15, 0.2) is 0 Å². The van der Waals surface area contributed by atoms with Crippen LogP contribution in [0, 0.1) is 6.92 Å². The number of H-pyrrole nitrogens is 1. The van der Waals surface area contributed by atoms with Crippen molar-refractivity contribution in [2.75, 3.05) is 7.11 Å². The molecule has 17 heavy (non-hydrogen) atoms. The van der Waals surface area contributed by atoms with Crippen LogP contribution in [-0.4, -0.2) is 23.8 Å². The lowest BCUT2D eigenvalue weighted by Crippen LogP contribution is -2.23. The van der Waals surface area contributed by atoms with E-state index in [-0.39, 0.29) is 0 Å². The first-order valence-electron chi connectivity index (χ1n) is 5.05. The number of nitrogens with one attached hydrogen (secondary N) is 1. The third-order valence-electron chi connectivity index (χ3n) is 2.64. The number of nitrogens with two attached hydrogens (primary N) is 1. The van der Waals surface area contributed by atoms with Crippen LogP contribution in [0.1, 0.15) is 16.1 Å². The van der Waals surface area contributed by atoms with E-state index in [4.69, 9.17) is 10.5 Å². The van der Waals surface area contributed by atoms with Crippen molar-refractivity contribution < 1.29 is 14.3 Å². The zero-order valence-electron chi connectivity index (χ0n) is 9.53. The largest absolute Gasteiger partial charge is 0.497 e. The fourth-order valence-corrected chi connectivity index (χ4v) is 1.85. The van der Waals surface area contributed by atoms with Crippen LogP contribution in [0.3, 0.4) is 0 Å². The molecule has 1 aromatic heterocycles. The number of aryl methyl sites for hydroxylation is 1. The number of amides is 1. The van der Waals surface area contributed by atoms with E-state index < -0.39 is 11.7 Å². The minimum absolute atomic E-state index is 0.311. The fraction of sp³-hybridized carbons (Fsp3) is 0.167. The van der Waals surface area contributed by atoms with Crippen LogP contribution in [0.25, 0.3) is 10.9 Å². The van der Waals surface area contributed by atoms with Crippen molar-refractivity contribution in [1.82, 2.24) is 4.98 Å². The summed E-state index contributed by atoms with van der Waals surface area (Å²) in [5.74, 6) is -1.03. The quantitative estimate of drug-likeness (QED) is 0.615. The predicted octanol–water partition coefficient (Wildman–Crippen LogP) is 1.15. The number of hydrogen-bond acceptors (Lipinski definition) is 3. The molecule has 0 aliphatic carbocycles. The maximum absolute atomic E-state index is 11.7. The molecule has 2 rings (SSSR count). The summed E-state index contributed by atoms with van der Waals surface area (Å²) in [4.78, 5) is 25.7. The summed E-state index contributed by atoms with van der Waals surface area (Å²) in [6.45, 7) is 1.72. The molecule has 1 heterocycles. The predicted molar refractivity (Wildman–Crippen MR) is 63.1 cm³/mol. The minimum atomic E-state index is -0.961. The topological polar surface area (TPSA) is 85.2 Å². The molecule has 1 amide bonds. The Labute approximate surface area is 97.6 Å². The molecule has 88 valence electrons. The first-order valence-corrected chi connectivity index (χ1v) is 5.05. The van der Waals surface area contributed by atoms with Crippen LogP contribution in [-0.2, 0) is 4.79 Å². The molecule has 0 aliphatic heterocycles. The number of methoxy groups -OCH3 is 1. The molecule has 1 aromatic carbocycles. The molecule has 0 unspecified atom stereocenters. The van der Waals surface area contributed by atoms with Gasteiger partial charge in [0.05, 0.1) is 12.7 Å². The van der Waals surface area contributed by atoms with Gasteiger partial charge in [-0.2, -0.15) is 0 Å². The number of benzene rings is 1. The van der Waals surface area contributed by atoms with Gasteiger partial charge in [0, 0.05) is 16.6 Å². The Bertz CT molecular complexity index is 613. The number of carbonyl (C=O) groups excluding carboxylic acids is 2. The molecule has 0 saturated carbocycles. The van der Waals surface area contributed by atoms with Gasteiger partial charge in [-0.3, -0.25) is 9.59 Å². The highest BCUT2D eigenvalue weighted by Gasteiger charge is 2.20. The minimum Gasteiger partial charge on any atom is -0.497 e. The number of carbonyl (C=O) groups is 2. The zero-order valence-corrected chi connectivity index (χ0v) is 9.53. The number of aromatic nitrogens is 1. The lowest BCUT2D eigenvalue weighted by molar-refractivity contribution is -0.114. The van der Waals surface area contributed by atoms with Crippen molar-refractivity contribution in [3.8, 4) is 5.75 Å². The van der Waals surface area contributed by atoms with Crippen LogP contribution in [0.2, 0.25) is 0 Å². The maximum Gasteiger partial charge on any atom is 0.289 e. The highest BCUT2D eigenvalue weighted by molar-refractivity contribution is 6.44. The molecule has 3 N–H and O–H groups in total. The number of rotatable bonds is 3. The van der Waals surface area contributed by atoms with Crippen LogP contribution in [0.15, 0.2) is 18.2 Å². The summed E-state index contributed by atoms with van der Waals surface area (Å²) >= 11 is 0. The van der Waals surface area contributed by atoms with Gasteiger partial charge in [-0.15, -0.1) is 0 Å². The summed E-state index contributed by atoms with van der Waals surface area (Å²) in [6.07, 6.45) is 0. The second-order valence-electron chi connectivity index (χ2n) is 3.73. The molecule has 0 spiro atoms. The standard InChI is InChI=1S/C12H12N2O3/c1-6-10(11(15)12(13)16)8-5-7(17-2)3-4-9(8)14-6/h3-5,14H,1-2H3,(H2,13,16). The molecule has 0 aliphatic rings. The first kappa shape index (κ1) is 11.2. The molecule has 0 saturated heterocycles. The van der Waals surface area contributed by atoms with Crippen LogP contribution >= 0.6 is 0 Å². The number of aromatic amines is 1. The lowest BCUT2D eigenvalue weighted by atomic mass is 10.1. The van der Waals surface area contributed by atoms with Crippen molar-refractivity contribution in [3.05, 3.63) is 29.5 Å². The van der Waals surface area contributed by atoms with Crippen molar-refractivity contribution in [3.63, 3.8) is 0 Å². The van der Waals surface area contributed by atoms with E-state index in [2.05, 4.69) is 4.98 Å². The molecule has 0 bridgehead atoms. The van der Waals surface area contributed by atoms with Gasteiger partial charge in [-0.25, -0.2) is 0 Å². The number of fused-ring (bicyclic) bond motifs is 1. The molecule has 5 nitrogen and oxygen atoms in total. The van der Waals surface area contributed by atoms with E-state index in [1.165, 1.54) is 7.11 Å². The number of ether oxygens (including phenoxy) is 1. The SMILES string of the molecule is COc1ccc2[nH]c(C)c(C(=O)C(N)=O)c2c1. The Morgan fingerprint density at radius 2 is 2.06 bits per heavy atom. The van der Waals surface area contributed by atoms with E-state index in [1.54, 1.807) is 25.1 Å². The highest BCUT2D eigenvalue weighted by Crippen LogP contribution is 2.26. The van der Waals surface area contributed by atoms with E-state index in [0.717, 1.165) is 5.52 Å². The fourth-order valence-electron chi connectivity index (χ4n) is 1.85. The second-order valence-corrected chi connectivity index (χ2v) is 3.73. The van der Waals surface area contributed by atoms with Gasteiger partial charge < -0.3 is 15.5 Å². The van der Waals surface area contributed by atoms with Crippen molar-refractivity contribution in [1.29, 1.82) is 0 Å². The lowest BCUT2D eigenvalue weighted by Gasteiger charge is -2.00. The summed E-state index contributed by atoms with van der Waals surface area (Å²) in [7, 11) is 1.54. The first-order chi connectivity index (χ1) is 8.04. The van der Waals surface area contributed by atoms with Crippen molar-refractivity contribution in [2.24, 2.45) is 5.73 Å². The summed E-state index contributed by atoms with van der Waals surface area (Å²) in [5.41, 5.74) is 6.73. The summed E-state index contributed by atoms with van der Waals surface area (Å²) in [6, 6.07) is 5.27. The Hall–Kier alpha value is -2.30. The normalized spacial score (nSPS) is 10.5. The highest BCUT2D eigenvalue weighted by atomic mass is 16.5. The Balaban J connectivity index is 2.72. The number of hydrogen-bond donors (Lipinski definition) is 2. The average molecular weight is 232 g/mol. The molecule has 0 fully saturated rings. The monoisotopic (exact) mass is 232 g/mol. The van der Waals surface area contributed by atoms with Gasteiger partial charge >= 0.3 is 0 Å². The molecule has 5 heteroatoms. The Morgan fingerprint density at radius 1 is 1.35 bits per heavy atom. The molecular formula is C12H12N2O3. The van der Waals surface area contributed by atoms with Crippen LogP contribution in [0.4, 0.5) is 0 Å². The van der Waals surface area contributed by atoms with E-state index >= 15 is 0 Å². The van der Waals surface area contributed by atoms with Gasteiger partial charge in [0.2, 0.25) is 0 Å². The van der Waals surface area contributed by atoms with Gasteiger partial charge in [0.25, 0.3) is 11.7 Å². The summed E-state index contributed by atoms with van der Waals surface area (Å²) in [5, 5.41) is 0.644. The third kappa shape index (κ3) is 1.75. The molecule has 0 radical (unpaired) electrons. The Morgan fingerprint density at radius 3 is 2.65 bits per heavy atom. The third-order valence-corrected chi connectivity index (χ3v) is 2.64. The van der Waals surface area contributed by atoms with Gasteiger partial charge in [-0.05, 0) is 25.1 Å². The van der Waals surface area contributed by atoms with Crippen LogP contribution in [0.5, 0.6) is 5.75 Å². The number of primary amides is 1. The maximum atomic E-state index is 11.7. The van der Waals surface area contributed by atoms with Crippen LogP contribution < -0.4 is 10.5 Å². The number of ketones is 1. The molecule has 0 atom stereocenters. The Kier molecular flexibility index (Phi) is 2.59. The van der Waals surface area contributed by atoms with Crippen molar-refractivity contribution in [2.45, 2.75) is 6.92 Å². The van der Waals surface area contributed by atoms with E-state index in [1.807, 2.05) is 0 Å². The average Bonchev–Trinajstić information content (AvgIpc) is 2.62. The van der Waals surface area contributed by atoms with E-state index in [0.29, 0.717) is 22.4 Å². The zero-order chi connectivity index (χ0) is 12.6. The molecule has 2 aromatic rings.